The van der Waals surface area contributed by atoms with Gasteiger partial charge in [-0.2, -0.15) is 0 Å². The van der Waals surface area contributed by atoms with E-state index in [1.165, 1.54) is 6.07 Å². The van der Waals surface area contributed by atoms with E-state index in [9.17, 15) is 9.59 Å². The predicted octanol–water partition coefficient (Wildman–Crippen LogP) is 1.06. The molecule has 0 saturated carbocycles. The normalized spacial score (nSPS) is 12.2. The Labute approximate surface area is 112 Å². The highest BCUT2D eigenvalue weighted by Gasteiger charge is 2.17. The van der Waals surface area contributed by atoms with Crippen LogP contribution in [-0.2, 0) is 11.2 Å². The summed E-state index contributed by atoms with van der Waals surface area (Å²) >= 11 is 0. The minimum atomic E-state index is -1.05. The Kier molecular flexibility index (Phi) is 5.51. The molecule has 5 heteroatoms. The summed E-state index contributed by atoms with van der Waals surface area (Å²) in [7, 11) is 0. The van der Waals surface area contributed by atoms with Crippen molar-refractivity contribution in [3.8, 4) is 0 Å². The molecule has 5 nitrogen and oxygen atoms in total. The van der Waals surface area contributed by atoms with Gasteiger partial charge in [0.1, 0.15) is 0 Å². The smallest absolute Gasteiger partial charge is 0.335 e. The van der Waals surface area contributed by atoms with Crippen molar-refractivity contribution in [2.24, 2.45) is 5.92 Å². The molecule has 104 valence electrons. The molecule has 0 fully saturated rings. The molecule has 0 heterocycles. The summed E-state index contributed by atoms with van der Waals surface area (Å²) in [5, 5.41) is 20.9. The Morgan fingerprint density at radius 2 is 1.89 bits per heavy atom. The lowest BCUT2D eigenvalue weighted by atomic mass is 10.0. The molecule has 1 rings (SSSR count). The highest BCUT2D eigenvalue weighted by Crippen LogP contribution is 2.10. The van der Waals surface area contributed by atoms with E-state index in [4.69, 9.17) is 10.2 Å². The zero-order valence-corrected chi connectivity index (χ0v) is 11.1. The van der Waals surface area contributed by atoms with Crippen molar-refractivity contribution in [1.29, 1.82) is 0 Å². The summed E-state index contributed by atoms with van der Waals surface area (Å²) in [6.45, 7) is 3.66. The third kappa shape index (κ3) is 4.37. The Hall–Kier alpha value is -1.88. The van der Waals surface area contributed by atoms with Crippen LogP contribution in [0.1, 0.15) is 29.8 Å². The molecule has 0 spiro atoms. The largest absolute Gasteiger partial charge is 0.478 e. The van der Waals surface area contributed by atoms with Gasteiger partial charge in [0.05, 0.1) is 24.6 Å². The number of benzene rings is 1. The first kappa shape index (κ1) is 15.2. The third-order valence-corrected chi connectivity index (χ3v) is 2.95. The lowest BCUT2D eigenvalue weighted by Crippen LogP contribution is -2.42. The summed E-state index contributed by atoms with van der Waals surface area (Å²) in [6.07, 6.45) is -0.00824. The van der Waals surface area contributed by atoms with E-state index in [2.05, 4.69) is 5.32 Å². The van der Waals surface area contributed by atoms with Gasteiger partial charge < -0.3 is 15.5 Å². The lowest BCUT2D eigenvalue weighted by Gasteiger charge is -2.20. The van der Waals surface area contributed by atoms with E-state index in [-0.39, 0.29) is 36.5 Å². The summed E-state index contributed by atoms with van der Waals surface area (Å²) in [6, 6.07) is 6.09. The van der Waals surface area contributed by atoms with E-state index >= 15 is 0 Å². The molecule has 3 N–H and O–H groups in total. The average Bonchev–Trinajstić information content (AvgIpc) is 2.35. The Morgan fingerprint density at radius 1 is 1.26 bits per heavy atom. The molecule has 1 atom stereocenters. The van der Waals surface area contributed by atoms with Gasteiger partial charge in [-0.25, -0.2) is 4.79 Å². The van der Waals surface area contributed by atoms with Gasteiger partial charge in [0.15, 0.2) is 0 Å². The summed E-state index contributed by atoms with van der Waals surface area (Å²) in [4.78, 5) is 22.9. The van der Waals surface area contributed by atoms with Crippen LogP contribution in [0, 0.1) is 5.92 Å². The predicted molar refractivity (Wildman–Crippen MR) is 71.0 cm³/mol. The second kappa shape index (κ2) is 6.89. The maximum Gasteiger partial charge on any atom is 0.335 e. The maximum absolute atomic E-state index is 11.8. The van der Waals surface area contributed by atoms with Gasteiger partial charge in [0.25, 0.3) is 0 Å². The monoisotopic (exact) mass is 265 g/mol. The molecule has 0 radical (unpaired) electrons. The SMILES string of the molecule is CC(C)C(CO)NC(=O)Cc1ccccc1C(=O)O. The number of aliphatic hydroxyl groups excluding tert-OH is 1. The average molecular weight is 265 g/mol. The fraction of sp³-hybridized carbons (Fsp3) is 0.429. The second-order valence-electron chi connectivity index (χ2n) is 4.74. The van der Waals surface area contributed by atoms with Crippen LogP contribution in [0.4, 0.5) is 0 Å². The molecule has 0 aromatic heterocycles. The topological polar surface area (TPSA) is 86.6 Å². The molecule has 0 saturated heterocycles. The van der Waals surface area contributed by atoms with Gasteiger partial charge in [-0.3, -0.25) is 4.79 Å². The second-order valence-corrected chi connectivity index (χ2v) is 4.74. The van der Waals surface area contributed by atoms with Crippen LogP contribution in [-0.4, -0.2) is 34.7 Å². The highest BCUT2D eigenvalue weighted by atomic mass is 16.4. The molecule has 1 amide bonds. The number of aliphatic hydroxyl groups is 1. The van der Waals surface area contributed by atoms with Crippen LogP contribution in [0.2, 0.25) is 0 Å². The van der Waals surface area contributed by atoms with Gasteiger partial charge in [0, 0.05) is 0 Å². The molecule has 0 bridgehead atoms. The number of carbonyl (C=O) groups is 2. The summed E-state index contributed by atoms with van der Waals surface area (Å²) < 4.78 is 0. The van der Waals surface area contributed by atoms with Crippen molar-refractivity contribution in [2.45, 2.75) is 26.3 Å². The number of nitrogens with one attached hydrogen (secondary N) is 1. The van der Waals surface area contributed by atoms with Crippen molar-refractivity contribution < 1.29 is 19.8 Å². The number of carboxylic acid groups (broad SMARTS) is 1. The molecule has 0 aliphatic heterocycles. The first-order valence-corrected chi connectivity index (χ1v) is 6.17. The number of hydrogen-bond donors (Lipinski definition) is 3. The van der Waals surface area contributed by atoms with Gasteiger partial charge in [-0.15, -0.1) is 0 Å². The van der Waals surface area contributed by atoms with E-state index in [0.29, 0.717) is 5.56 Å². The first-order chi connectivity index (χ1) is 8.95. The van der Waals surface area contributed by atoms with Crippen molar-refractivity contribution in [3.05, 3.63) is 35.4 Å². The van der Waals surface area contributed by atoms with Crippen LogP contribution < -0.4 is 5.32 Å². The van der Waals surface area contributed by atoms with E-state index in [1.807, 2.05) is 13.8 Å². The molecular weight excluding hydrogens is 246 g/mol. The highest BCUT2D eigenvalue weighted by molar-refractivity contribution is 5.91. The molecule has 1 aromatic rings. The number of aromatic carboxylic acids is 1. The Morgan fingerprint density at radius 3 is 2.42 bits per heavy atom. The standard InChI is InChI=1S/C14H19NO4/c1-9(2)12(8-16)15-13(17)7-10-5-3-4-6-11(10)14(18)19/h3-6,9,12,16H,7-8H2,1-2H3,(H,15,17)(H,18,19). The lowest BCUT2D eigenvalue weighted by molar-refractivity contribution is -0.121. The number of carbonyl (C=O) groups excluding carboxylic acids is 1. The quantitative estimate of drug-likeness (QED) is 0.718. The van der Waals surface area contributed by atoms with Crippen LogP contribution in [0.25, 0.3) is 0 Å². The Balaban J connectivity index is 2.75. The number of rotatable bonds is 6. The van der Waals surface area contributed by atoms with Crippen molar-refractivity contribution >= 4 is 11.9 Å². The van der Waals surface area contributed by atoms with E-state index < -0.39 is 5.97 Å². The molecule has 0 aliphatic carbocycles. The molecule has 0 aliphatic rings. The van der Waals surface area contributed by atoms with Crippen molar-refractivity contribution in [2.75, 3.05) is 6.61 Å². The van der Waals surface area contributed by atoms with E-state index in [1.54, 1.807) is 18.2 Å². The van der Waals surface area contributed by atoms with Crippen LogP contribution in [0.15, 0.2) is 24.3 Å². The van der Waals surface area contributed by atoms with Crippen LogP contribution in [0.5, 0.6) is 0 Å². The first-order valence-electron chi connectivity index (χ1n) is 6.17. The fourth-order valence-electron chi connectivity index (χ4n) is 1.74. The minimum Gasteiger partial charge on any atom is -0.478 e. The van der Waals surface area contributed by atoms with Gasteiger partial charge in [0.2, 0.25) is 5.91 Å². The summed E-state index contributed by atoms with van der Waals surface area (Å²) in [5.74, 6) is -1.23. The third-order valence-electron chi connectivity index (χ3n) is 2.95. The van der Waals surface area contributed by atoms with E-state index in [0.717, 1.165) is 0 Å². The van der Waals surface area contributed by atoms with Gasteiger partial charge >= 0.3 is 5.97 Å². The minimum absolute atomic E-state index is 0.00824. The van der Waals surface area contributed by atoms with Crippen LogP contribution in [0.3, 0.4) is 0 Å². The summed E-state index contributed by atoms with van der Waals surface area (Å²) in [5.41, 5.74) is 0.593. The Bertz CT molecular complexity index is 457. The fourth-order valence-corrected chi connectivity index (χ4v) is 1.74. The zero-order valence-electron chi connectivity index (χ0n) is 11.1. The zero-order chi connectivity index (χ0) is 14.4. The molecular formula is C14H19NO4. The number of hydrogen-bond acceptors (Lipinski definition) is 3. The van der Waals surface area contributed by atoms with Gasteiger partial charge in [-0.05, 0) is 17.5 Å². The van der Waals surface area contributed by atoms with Gasteiger partial charge in [-0.1, -0.05) is 32.0 Å². The van der Waals surface area contributed by atoms with Crippen molar-refractivity contribution in [1.82, 2.24) is 5.32 Å². The molecule has 19 heavy (non-hydrogen) atoms. The maximum atomic E-state index is 11.8. The number of amides is 1. The van der Waals surface area contributed by atoms with Crippen LogP contribution >= 0.6 is 0 Å². The van der Waals surface area contributed by atoms with Crippen molar-refractivity contribution in [3.63, 3.8) is 0 Å². The molecule has 1 aromatic carbocycles. The molecule has 1 unspecified atom stereocenters. The number of carboxylic acids is 1.